The smallest absolute Gasteiger partial charge is 0.126 e. The summed E-state index contributed by atoms with van der Waals surface area (Å²) in [6.45, 7) is 3.07. The highest BCUT2D eigenvalue weighted by Gasteiger charge is 2.00. The minimum atomic E-state index is 0.906. The molecule has 0 spiro atoms. The van der Waals surface area contributed by atoms with E-state index in [-0.39, 0.29) is 0 Å². The number of aromatic amines is 1. The van der Waals surface area contributed by atoms with Crippen LogP contribution in [0.2, 0.25) is 0 Å². The van der Waals surface area contributed by atoms with Crippen molar-refractivity contribution in [2.75, 3.05) is 11.9 Å². The molecular weight excluding hydrogens is 188 g/mol. The monoisotopic (exact) mass is 202 g/mol. The van der Waals surface area contributed by atoms with E-state index in [1.54, 1.807) is 18.7 Å². The summed E-state index contributed by atoms with van der Waals surface area (Å²) in [5, 5.41) is 3.25. The van der Waals surface area contributed by atoms with Gasteiger partial charge in [-0.15, -0.1) is 0 Å². The van der Waals surface area contributed by atoms with Gasteiger partial charge in [-0.2, -0.15) is 0 Å². The van der Waals surface area contributed by atoms with Gasteiger partial charge < -0.3 is 10.3 Å². The van der Waals surface area contributed by atoms with Crippen molar-refractivity contribution in [2.45, 2.75) is 13.3 Å². The molecule has 0 aliphatic carbocycles. The van der Waals surface area contributed by atoms with E-state index in [0.717, 1.165) is 30.0 Å². The predicted molar refractivity (Wildman–Crippen MR) is 60.6 cm³/mol. The van der Waals surface area contributed by atoms with Gasteiger partial charge in [0.2, 0.25) is 0 Å². The summed E-state index contributed by atoms with van der Waals surface area (Å²) >= 11 is 0. The first kappa shape index (κ1) is 9.71. The fourth-order valence-electron chi connectivity index (χ4n) is 1.36. The van der Waals surface area contributed by atoms with E-state index in [0.29, 0.717) is 0 Å². The molecule has 2 aromatic heterocycles. The van der Waals surface area contributed by atoms with Crippen LogP contribution in [0.15, 0.2) is 30.9 Å². The highest BCUT2D eigenvalue weighted by Crippen LogP contribution is 2.17. The van der Waals surface area contributed by atoms with Crippen LogP contribution >= 0.6 is 0 Å². The minimum Gasteiger partial charge on any atom is -0.370 e. The molecule has 0 fully saturated rings. The van der Waals surface area contributed by atoms with Crippen molar-refractivity contribution in [2.24, 2.45) is 0 Å². The van der Waals surface area contributed by atoms with Crippen LogP contribution in [0.5, 0.6) is 0 Å². The highest BCUT2D eigenvalue weighted by atomic mass is 15.0. The third-order valence-electron chi connectivity index (χ3n) is 2.13. The zero-order valence-electron chi connectivity index (χ0n) is 8.70. The molecule has 2 rings (SSSR count). The molecule has 0 atom stereocenters. The van der Waals surface area contributed by atoms with Gasteiger partial charge in [0, 0.05) is 18.3 Å². The molecule has 2 aromatic rings. The Balaban J connectivity index is 2.19. The van der Waals surface area contributed by atoms with Crippen molar-refractivity contribution in [3.8, 4) is 11.3 Å². The number of nitrogens with zero attached hydrogens (tertiary/aromatic N) is 2. The lowest BCUT2D eigenvalue weighted by Gasteiger charge is -2.04. The zero-order chi connectivity index (χ0) is 10.5. The topological polar surface area (TPSA) is 53.6 Å². The van der Waals surface area contributed by atoms with Crippen LogP contribution in [0, 0.1) is 0 Å². The Hall–Kier alpha value is -1.84. The van der Waals surface area contributed by atoms with Crippen LogP contribution < -0.4 is 5.32 Å². The fraction of sp³-hybridized carbons (Fsp3) is 0.273. The van der Waals surface area contributed by atoms with Crippen molar-refractivity contribution in [1.29, 1.82) is 0 Å². The van der Waals surface area contributed by atoms with Gasteiger partial charge in [0.05, 0.1) is 18.2 Å². The van der Waals surface area contributed by atoms with Crippen LogP contribution in [0.4, 0.5) is 5.82 Å². The molecule has 0 aliphatic rings. The molecule has 0 aromatic carbocycles. The van der Waals surface area contributed by atoms with Crippen LogP contribution in [-0.2, 0) is 0 Å². The van der Waals surface area contributed by atoms with E-state index >= 15 is 0 Å². The molecule has 15 heavy (non-hydrogen) atoms. The lowest BCUT2D eigenvalue weighted by molar-refractivity contribution is 0.969. The molecule has 0 radical (unpaired) electrons. The summed E-state index contributed by atoms with van der Waals surface area (Å²) in [6, 6.07) is 3.98. The average molecular weight is 202 g/mol. The first-order chi connectivity index (χ1) is 7.40. The number of H-pyrrole nitrogens is 1. The van der Waals surface area contributed by atoms with E-state index < -0.39 is 0 Å². The number of pyridine rings is 1. The van der Waals surface area contributed by atoms with E-state index in [2.05, 4.69) is 27.2 Å². The molecule has 4 heteroatoms. The first-order valence-corrected chi connectivity index (χ1v) is 5.09. The molecule has 78 valence electrons. The molecular formula is C11H14N4. The van der Waals surface area contributed by atoms with E-state index in [1.807, 2.05) is 12.1 Å². The molecule has 0 saturated carbocycles. The first-order valence-electron chi connectivity index (χ1n) is 5.09. The molecule has 0 unspecified atom stereocenters. The van der Waals surface area contributed by atoms with Crippen molar-refractivity contribution < 1.29 is 0 Å². The minimum absolute atomic E-state index is 0.906. The van der Waals surface area contributed by atoms with Gasteiger partial charge in [0.25, 0.3) is 0 Å². The van der Waals surface area contributed by atoms with Crippen LogP contribution in [0.1, 0.15) is 13.3 Å². The summed E-state index contributed by atoms with van der Waals surface area (Å²) in [6.07, 6.45) is 6.37. The zero-order valence-corrected chi connectivity index (χ0v) is 8.70. The van der Waals surface area contributed by atoms with E-state index in [4.69, 9.17) is 0 Å². The number of hydrogen-bond acceptors (Lipinski definition) is 3. The number of hydrogen-bond donors (Lipinski definition) is 2. The molecule has 2 heterocycles. The Morgan fingerprint density at radius 2 is 2.40 bits per heavy atom. The average Bonchev–Trinajstić information content (AvgIpc) is 2.80. The maximum absolute atomic E-state index is 4.24. The second-order valence-electron chi connectivity index (χ2n) is 3.32. The van der Waals surface area contributed by atoms with Crippen molar-refractivity contribution in [3.63, 3.8) is 0 Å². The number of rotatable bonds is 4. The Bertz CT molecular complexity index is 408. The second kappa shape index (κ2) is 4.59. The third-order valence-corrected chi connectivity index (χ3v) is 2.13. The maximum Gasteiger partial charge on any atom is 0.126 e. The van der Waals surface area contributed by atoms with Gasteiger partial charge in [-0.1, -0.05) is 6.92 Å². The van der Waals surface area contributed by atoms with E-state index in [9.17, 15) is 0 Å². The Kier molecular flexibility index (Phi) is 2.97. The lowest BCUT2D eigenvalue weighted by atomic mass is 10.2. The van der Waals surface area contributed by atoms with Crippen LogP contribution in [0.3, 0.4) is 0 Å². The van der Waals surface area contributed by atoms with Crippen molar-refractivity contribution in [3.05, 3.63) is 30.9 Å². The van der Waals surface area contributed by atoms with E-state index in [1.165, 1.54) is 0 Å². The van der Waals surface area contributed by atoms with Gasteiger partial charge in [-0.3, -0.25) is 0 Å². The Morgan fingerprint density at radius 3 is 3.13 bits per heavy atom. The molecule has 2 N–H and O–H groups in total. The normalized spacial score (nSPS) is 10.2. The number of anilines is 1. The largest absolute Gasteiger partial charge is 0.370 e. The number of imidazole rings is 1. The summed E-state index contributed by atoms with van der Waals surface area (Å²) < 4.78 is 0. The van der Waals surface area contributed by atoms with Gasteiger partial charge in [-0.05, 0) is 18.6 Å². The number of aromatic nitrogens is 3. The standard InChI is InChI=1S/C11H14N4/c1-2-4-13-11-6-9(3-5-14-11)10-7-12-8-15-10/h3,5-8H,2,4H2,1H3,(H,12,15)(H,13,14). The SMILES string of the molecule is CCCNc1cc(-c2cnc[nH]2)ccn1. The second-order valence-corrected chi connectivity index (χ2v) is 3.32. The molecule has 0 aliphatic heterocycles. The van der Waals surface area contributed by atoms with Crippen LogP contribution in [-0.4, -0.2) is 21.5 Å². The Morgan fingerprint density at radius 1 is 1.47 bits per heavy atom. The quantitative estimate of drug-likeness (QED) is 0.799. The lowest BCUT2D eigenvalue weighted by Crippen LogP contribution is -2.01. The van der Waals surface area contributed by atoms with Crippen LogP contribution in [0.25, 0.3) is 11.3 Å². The highest BCUT2D eigenvalue weighted by molar-refractivity contribution is 5.61. The molecule has 0 saturated heterocycles. The Labute approximate surface area is 88.8 Å². The molecule has 0 bridgehead atoms. The van der Waals surface area contributed by atoms with Crippen molar-refractivity contribution >= 4 is 5.82 Å². The van der Waals surface area contributed by atoms with Crippen molar-refractivity contribution in [1.82, 2.24) is 15.0 Å². The fourth-order valence-corrected chi connectivity index (χ4v) is 1.36. The summed E-state index contributed by atoms with van der Waals surface area (Å²) in [7, 11) is 0. The predicted octanol–water partition coefficient (Wildman–Crippen LogP) is 2.29. The van der Waals surface area contributed by atoms with Gasteiger partial charge >= 0.3 is 0 Å². The van der Waals surface area contributed by atoms with Gasteiger partial charge in [-0.25, -0.2) is 9.97 Å². The number of nitrogens with one attached hydrogen (secondary N) is 2. The van der Waals surface area contributed by atoms with Gasteiger partial charge in [0.1, 0.15) is 5.82 Å². The third kappa shape index (κ3) is 2.34. The maximum atomic E-state index is 4.24. The summed E-state index contributed by atoms with van der Waals surface area (Å²) in [5.74, 6) is 0.906. The summed E-state index contributed by atoms with van der Waals surface area (Å²) in [4.78, 5) is 11.3. The molecule has 4 nitrogen and oxygen atoms in total. The molecule has 0 amide bonds. The summed E-state index contributed by atoms with van der Waals surface area (Å²) in [5.41, 5.74) is 2.11. The van der Waals surface area contributed by atoms with Gasteiger partial charge in [0.15, 0.2) is 0 Å².